The summed E-state index contributed by atoms with van der Waals surface area (Å²) in [6.07, 6.45) is -4.40. The van der Waals surface area contributed by atoms with E-state index in [0.29, 0.717) is 38.3 Å². The van der Waals surface area contributed by atoms with Gasteiger partial charge in [0.15, 0.2) is 0 Å². The van der Waals surface area contributed by atoms with Crippen LogP contribution in [0, 0.1) is 0 Å². The normalized spacial score (nSPS) is 21.2. The molecule has 0 aliphatic carbocycles. The summed E-state index contributed by atoms with van der Waals surface area (Å²) in [5, 5.41) is 2.77. The number of hydrogen-bond acceptors (Lipinski definition) is 5. The fraction of sp³-hybridized carbons (Fsp3) is 0.619. The summed E-state index contributed by atoms with van der Waals surface area (Å²) >= 11 is 0. The van der Waals surface area contributed by atoms with E-state index in [-0.39, 0.29) is 24.8 Å². The maximum Gasteiger partial charge on any atom is 0.416 e. The largest absolute Gasteiger partial charge is 0.416 e. The summed E-state index contributed by atoms with van der Waals surface area (Å²) in [6.45, 7) is 5.19. The van der Waals surface area contributed by atoms with Crippen LogP contribution < -0.4 is 5.32 Å². The van der Waals surface area contributed by atoms with E-state index < -0.39 is 17.8 Å². The van der Waals surface area contributed by atoms with E-state index in [1.165, 1.54) is 6.07 Å². The number of amides is 2. The molecule has 2 heterocycles. The van der Waals surface area contributed by atoms with Gasteiger partial charge in [-0.15, -0.1) is 0 Å². The minimum Gasteiger partial charge on any atom is -0.383 e. The summed E-state index contributed by atoms with van der Waals surface area (Å²) in [5.41, 5.74) is -0.251. The van der Waals surface area contributed by atoms with Crippen molar-refractivity contribution in [2.75, 3.05) is 59.5 Å². The van der Waals surface area contributed by atoms with Gasteiger partial charge in [-0.05, 0) is 11.6 Å². The Labute approximate surface area is 180 Å². The number of nitrogens with one attached hydrogen (secondary N) is 1. The van der Waals surface area contributed by atoms with Gasteiger partial charge in [0.2, 0.25) is 11.8 Å². The average Bonchev–Trinajstić information content (AvgIpc) is 2.74. The van der Waals surface area contributed by atoms with Crippen molar-refractivity contribution in [3.63, 3.8) is 0 Å². The Bertz CT molecular complexity index is 766. The molecule has 2 saturated heterocycles. The van der Waals surface area contributed by atoms with Crippen LogP contribution in [-0.2, 0) is 27.0 Å². The van der Waals surface area contributed by atoms with Gasteiger partial charge >= 0.3 is 6.18 Å². The van der Waals surface area contributed by atoms with Crippen molar-refractivity contribution in [3.05, 3.63) is 35.4 Å². The zero-order valence-electron chi connectivity index (χ0n) is 17.7. The van der Waals surface area contributed by atoms with Crippen LogP contribution in [0.3, 0.4) is 0 Å². The van der Waals surface area contributed by atoms with Gasteiger partial charge in [-0.25, -0.2) is 0 Å². The van der Waals surface area contributed by atoms with Crippen LogP contribution in [0.4, 0.5) is 13.2 Å². The van der Waals surface area contributed by atoms with E-state index in [2.05, 4.69) is 10.2 Å². The van der Waals surface area contributed by atoms with Gasteiger partial charge < -0.3 is 15.0 Å². The lowest BCUT2D eigenvalue weighted by atomic mass is 10.0. The van der Waals surface area contributed by atoms with Gasteiger partial charge in [0.05, 0.1) is 24.6 Å². The van der Waals surface area contributed by atoms with Crippen molar-refractivity contribution < 1.29 is 27.5 Å². The van der Waals surface area contributed by atoms with Crippen molar-refractivity contribution in [2.45, 2.75) is 25.2 Å². The predicted octanol–water partition coefficient (Wildman–Crippen LogP) is 1.19. The van der Waals surface area contributed by atoms with E-state index >= 15 is 0 Å². The lowest BCUT2D eigenvalue weighted by Gasteiger charge is -2.38. The van der Waals surface area contributed by atoms with Gasteiger partial charge in [0.25, 0.3) is 0 Å². The van der Waals surface area contributed by atoms with Crippen molar-refractivity contribution in [1.82, 2.24) is 20.0 Å². The van der Waals surface area contributed by atoms with Gasteiger partial charge in [-0.2, -0.15) is 13.2 Å². The van der Waals surface area contributed by atoms with Gasteiger partial charge in [0, 0.05) is 59.5 Å². The summed E-state index contributed by atoms with van der Waals surface area (Å²) in [4.78, 5) is 31.1. The maximum atomic E-state index is 13.0. The molecule has 0 aromatic heterocycles. The molecule has 2 amide bonds. The van der Waals surface area contributed by atoms with Crippen molar-refractivity contribution >= 4 is 11.8 Å². The van der Waals surface area contributed by atoms with Crippen molar-refractivity contribution in [1.29, 1.82) is 0 Å². The molecule has 1 N–H and O–H groups in total. The first kappa shape index (κ1) is 23.5. The molecular formula is C21H29F3N4O3. The summed E-state index contributed by atoms with van der Waals surface area (Å²) in [7, 11) is 1.65. The molecule has 0 bridgehead atoms. The van der Waals surface area contributed by atoms with E-state index in [1.54, 1.807) is 23.0 Å². The molecule has 31 heavy (non-hydrogen) atoms. The molecule has 1 aromatic carbocycles. The smallest absolute Gasteiger partial charge is 0.383 e. The number of nitrogens with zero attached hydrogens (tertiary/aromatic N) is 3. The number of methoxy groups -OCH3 is 1. The lowest BCUT2D eigenvalue weighted by Crippen LogP contribution is -2.57. The Hall–Kier alpha value is -2.17. The van der Waals surface area contributed by atoms with E-state index in [0.717, 1.165) is 31.8 Å². The second kappa shape index (κ2) is 10.4. The molecule has 2 fully saturated rings. The van der Waals surface area contributed by atoms with Gasteiger partial charge in [-0.3, -0.25) is 19.4 Å². The Morgan fingerprint density at radius 2 is 1.94 bits per heavy atom. The molecule has 0 saturated carbocycles. The first-order valence-electron chi connectivity index (χ1n) is 10.4. The fourth-order valence-corrected chi connectivity index (χ4v) is 3.99. The van der Waals surface area contributed by atoms with Crippen LogP contribution in [0.15, 0.2) is 24.3 Å². The Morgan fingerprint density at radius 3 is 2.61 bits per heavy atom. The molecule has 172 valence electrons. The monoisotopic (exact) mass is 442 g/mol. The van der Waals surface area contributed by atoms with Crippen LogP contribution in [0.5, 0.6) is 0 Å². The highest BCUT2D eigenvalue weighted by atomic mass is 19.4. The van der Waals surface area contributed by atoms with Crippen LogP contribution >= 0.6 is 0 Å². The molecular weight excluding hydrogens is 413 g/mol. The minimum atomic E-state index is -4.42. The predicted molar refractivity (Wildman–Crippen MR) is 108 cm³/mol. The van der Waals surface area contributed by atoms with Crippen LogP contribution in [0.1, 0.15) is 17.5 Å². The van der Waals surface area contributed by atoms with Crippen LogP contribution in [0.2, 0.25) is 0 Å². The van der Waals surface area contributed by atoms with Crippen molar-refractivity contribution in [2.24, 2.45) is 0 Å². The number of ether oxygens (including phenoxy) is 1. The third-order valence-corrected chi connectivity index (χ3v) is 5.79. The number of hydrogen-bond donors (Lipinski definition) is 1. The lowest BCUT2D eigenvalue weighted by molar-refractivity contribution is -0.140. The number of carbonyl (C=O) groups is 2. The average molecular weight is 442 g/mol. The highest BCUT2D eigenvalue weighted by molar-refractivity contribution is 5.88. The fourth-order valence-electron chi connectivity index (χ4n) is 3.99. The van der Waals surface area contributed by atoms with Crippen molar-refractivity contribution in [3.8, 4) is 0 Å². The molecule has 2 aliphatic heterocycles. The van der Waals surface area contributed by atoms with Crippen LogP contribution in [0.25, 0.3) is 0 Å². The number of carbonyl (C=O) groups excluding carboxylic acids is 2. The Morgan fingerprint density at radius 1 is 1.19 bits per heavy atom. The Kier molecular flexibility index (Phi) is 7.90. The topological polar surface area (TPSA) is 65.1 Å². The minimum absolute atomic E-state index is 0.0167. The third-order valence-electron chi connectivity index (χ3n) is 5.79. The quantitative estimate of drug-likeness (QED) is 0.687. The molecule has 3 rings (SSSR count). The molecule has 0 spiro atoms. The summed E-state index contributed by atoms with van der Waals surface area (Å²) in [6, 6.07) is 4.41. The zero-order chi connectivity index (χ0) is 22.4. The molecule has 1 atom stereocenters. The molecule has 0 unspecified atom stereocenters. The Balaban J connectivity index is 1.61. The number of piperazine rings is 2. The molecule has 10 heteroatoms. The number of rotatable bonds is 7. The highest BCUT2D eigenvalue weighted by Crippen LogP contribution is 2.30. The number of benzene rings is 1. The van der Waals surface area contributed by atoms with Gasteiger partial charge in [-0.1, -0.05) is 18.2 Å². The number of alkyl halides is 3. The molecule has 7 nitrogen and oxygen atoms in total. The van der Waals surface area contributed by atoms with E-state index in [9.17, 15) is 22.8 Å². The summed E-state index contributed by atoms with van der Waals surface area (Å²) < 4.78 is 44.1. The number of halogens is 3. The zero-order valence-corrected chi connectivity index (χ0v) is 17.7. The first-order valence-corrected chi connectivity index (χ1v) is 10.4. The molecule has 0 radical (unpaired) electrons. The second-order valence-corrected chi connectivity index (χ2v) is 7.89. The SMILES string of the molecule is COCCN1CCN(C(=O)C[C@@H]2C(=O)NCCN2Cc2cccc(C(F)(F)F)c2)CC1. The molecule has 2 aliphatic rings. The summed E-state index contributed by atoms with van der Waals surface area (Å²) in [5.74, 6) is -0.368. The first-order chi connectivity index (χ1) is 14.8. The van der Waals surface area contributed by atoms with E-state index in [4.69, 9.17) is 4.74 Å². The standard InChI is InChI=1S/C21H29F3N4O3/c1-31-12-11-26-7-9-27(10-8-26)19(29)14-18-20(30)25-5-6-28(18)15-16-3-2-4-17(13-16)21(22,23)24/h2-4,13,18H,5-12,14-15H2,1H3,(H,25,30)/t18-/m1/s1. The van der Waals surface area contributed by atoms with E-state index in [1.807, 2.05) is 0 Å². The third kappa shape index (κ3) is 6.41. The maximum absolute atomic E-state index is 13.0. The van der Waals surface area contributed by atoms with Crippen LogP contribution in [-0.4, -0.2) is 92.1 Å². The second-order valence-electron chi connectivity index (χ2n) is 7.89. The van der Waals surface area contributed by atoms with Gasteiger partial charge in [0.1, 0.15) is 0 Å². The highest BCUT2D eigenvalue weighted by Gasteiger charge is 2.34. The molecule has 1 aromatic rings.